The highest BCUT2D eigenvalue weighted by Crippen LogP contribution is 2.28. The number of nitrogens with zero attached hydrogens (tertiary/aromatic N) is 1. The number of anilines is 2. The van der Waals surface area contributed by atoms with E-state index in [4.69, 9.17) is 27.9 Å². The molecule has 0 spiro atoms. The summed E-state index contributed by atoms with van der Waals surface area (Å²) < 4.78 is 5.07. The lowest BCUT2D eigenvalue weighted by molar-refractivity contribution is 0.415. The number of pyridine rings is 1. The van der Waals surface area contributed by atoms with Crippen molar-refractivity contribution in [2.45, 2.75) is 0 Å². The van der Waals surface area contributed by atoms with Gasteiger partial charge in [0.25, 0.3) is 0 Å². The van der Waals surface area contributed by atoms with Crippen molar-refractivity contribution in [3.8, 4) is 5.75 Å². The number of halogens is 2. The van der Waals surface area contributed by atoms with Crippen LogP contribution in [0.5, 0.6) is 5.75 Å². The largest absolute Gasteiger partial charge is 0.495 e. The van der Waals surface area contributed by atoms with Crippen LogP contribution < -0.4 is 10.1 Å². The van der Waals surface area contributed by atoms with Crippen molar-refractivity contribution in [2.75, 3.05) is 12.4 Å². The molecule has 0 saturated heterocycles. The minimum absolute atomic E-state index is 0.548. The molecule has 2 aromatic rings. The van der Waals surface area contributed by atoms with E-state index in [9.17, 15) is 0 Å². The minimum atomic E-state index is 0.548. The van der Waals surface area contributed by atoms with Crippen LogP contribution in [-0.2, 0) is 0 Å². The lowest BCUT2D eigenvalue weighted by Gasteiger charge is -2.08. The highest BCUT2D eigenvalue weighted by molar-refractivity contribution is 6.32. The topological polar surface area (TPSA) is 34.1 Å². The molecule has 0 aliphatic heterocycles. The van der Waals surface area contributed by atoms with Gasteiger partial charge in [0.15, 0.2) is 0 Å². The fraction of sp³-hybridized carbons (Fsp3) is 0.0833. The van der Waals surface area contributed by atoms with Crippen molar-refractivity contribution in [1.82, 2.24) is 4.98 Å². The number of methoxy groups -OCH3 is 1. The lowest BCUT2D eigenvalue weighted by Crippen LogP contribution is -1.93. The highest BCUT2D eigenvalue weighted by atomic mass is 35.5. The first-order valence-electron chi connectivity index (χ1n) is 4.91. The first-order valence-corrected chi connectivity index (χ1v) is 5.67. The van der Waals surface area contributed by atoms with Crippen molar-refractivity contribution >= 4 is 34.7 Å². The number of rotatable bonds is 3. The predicted octanol–water partition coefficient (Wildman–Crippen LogP) is 4.14. The molecule has 0 atom stereocenters. The van der Waals surface area contributed by atoms with Gasteiger partial charge in [0.2, 0.25) is 0 Å². The summed E-state index contributed by atoms with van der Waals surface area (Å²) in [5, 5.41) is 4.26. The summed E-state index contributed by atoms with van der Waals surface area (Å²) in [4.78, 5) is 4.13. The molecule has 17 heavy (non-hydrogen) atoms. The third-order valence-electron chi connectivity index (χ3n) is 2.15. The normalized spacial score (nSPS) is 10.1. The van der Waals surface area contributed by atoms with Crippen LogP contribution in [0.4, 0.5) is 11.5 Å². The van der Waals surface area contributed by atoms with Crippen molar-refractivity contribution in [3.63, 3.8) is 0 Å². The Morgan fingerprint density at radius 1 is 1.18 bits per heavy atom. The molecule has 0 bridgehead atoms. The number of aromatic nitrogens is 1. The van der Waals surface area contributed by atoms with E-state index >= 15 is 0 Å². The minimum Gasteiger partial charge on any atom is -0.495 e. The number of ether oxygens (including phenoxy) is 1. The Bertz CT molecular complexity index is 514. The lowest BCUT2D eigenvalue weighted by atomic mass is 10.3. The highest BCUT2D eigenvalue weighted by Gasteiger charge is 2.02. The summed E-state index contributed by atoms with van der Waals surface area (Å²) in [6, 6.07) is 8.99. The van der Waals surface area contributed by atoms with Crippen LogP contribution in [0.15, 0.2) is 36.5 Å². The monoisotopic (exact) mass is 268 g/mol. The SMILES string of the molecule is COc1ccc(Nc2ccc(Cl)cn2)cc1Cl. The smallest absolute Gasteiger partial charge is 0.137 e. The Balaban J connectivity index is 2.19. The predicted molar refractivity (Wildman–Crippen MR) is 70.5 cm³/mol. The van der Waals surface area contributed by atoms with Gasteiger partial charge in [-0.25, -0.2) is 4.98 Å². The molecule has 0 amide bonds. The van der Waals surface area contributed by atoms with Crippen LogP contribution in [0.25, 0.3) is 0 Å². The fourth-order valence-electron chi connectivity index (χ4n) is 1.34. The summed E-state index contributed by atoms with van der Waals surface area (Å²) in [7, 11) is 1.58. The number of hydrogen-bond donors (Lipinski definition) is 1. The second kappa shape index (κ2) is 5.25. The molecule has 0 aliphatic rings. The van der Waals surface area contributed by atoms with Gasteiger partial charge in [-0.05, 0) is 30.3 Å². The van der Waals surface area contributed by atoms with Crippen molar-refractivity contribution in [1.29, 1.82) is 0 Å². The van der Waals surface area contributed by atoms with E-state index < -0.39 is 0 Å². The van der Waals surface area contributed by atoms with Gasteiger partial charge in [-0.1, -0.05) is 23.2 Å². The Kier molecular flexibility index (Phi) is 3.71. The van der Waals surface area contributed by atoms with Gasteiger partial charge in [0, 0.05) is 11.9 Å². The second-order valence-electron chi connectivity index (χ2n) is 3.34. The molecule has 3 nitrogen and oxygen atoms in total. The van der Waals surface area contributed by atoms with E-state index in [1.165, 1.54) is 0 Å². The van der Waals surface area contributed by atoms with Gasteiger partial charge in [-0.15, -0.1) is 0 Å². The van der Waals surface area contributed by atoms with Gasteiger partial charge in [-0.3, -0.25) is 0 Å². The average Bonchev–Trinajstić information content (AvgIpc) is 2.32. The van der Waals surface area contributed by atoms with Crippen LogP contribution in [-0.4, -0.2) is 12.1 Å². The Morgan fingerprint density at radius 3 is 2.59 bits per heavy atom. The van der Waals surface area contributed by atoms with Crippen LogP contribution in [0.2, 0.25) is 10.0 Å². The number of nitrogens with one attached hydrogen (secondary N) is 1. The first kappa shape index (κ1) is 12.0. The second-order valence-corrected chi connectivity index (χ2v) is 4.18. The summed E-state index contributed by atoms with van der Waals surface area (Å²) in [5.74, 6) is 1.34. The third kappa shape index (κ3) is 3.02. The van der Waals surface area contributed by atoms with Crippen LogP contribution >= 0.6 is 23.2 Å². The maximum Gasteiger partial charge on any atom is 0.137 e. The van der Waals surface area contributed by atoms with Gasteiger partial charge in [-0.2, -0.15) is 0 Å². The van der Waals surface area contributed by atoms with Crippen molar-refractivity contribution in [3.05, 3.63) is 46.6 Å². The molecule has 0 radical (unpaired) electrons. The number of benzene rings is 1. The molecule has 1 aromatic heterocycles. The molecule has 2 rings (SSSR count). The van der Waals surface area contributed by atoms with Gasteiger partial charge < -0.3 is 10.1 Å². The van der Waals surface area contributed by atoms with Crippen molar-refractivity contribution < 1.29 is 4.74 Å². The van der Waals surface area contributed by atoms with Crippen molar-refractivity contribution in [2.24, 2.45) is 0 Å². The first-order chi connectivity index (χ1) is 8.19. The van der Waals surface area contributed by atoms with Gasteiger partial charge >= 0.3 is 0 Å². The van der Waals surface area contributed by atoms with E-state index in [1.54, 1.807) is 37.6 Å². The van der Waals surface area contributed by atoms with Gasteiger partial charge in [0.1, 0.15) is 11.6 Å². The van der Waals surface area contributed by atoms with Gasteiger partial charge in [0.05, 0.1) is 17.2 Å². The molecular formula is C12H10Cl2N2O. The third-order valence-corrected chi connectivity index (χ3v) is 2.67. The summed E-state index contributed by atoms with van der Waals surface area (Å²) >= 11 is 11.8. The Morgan fingerprint density at radius 2 is 2.00 bits per heavy atom. The zero-order chi connectivity index (χ0) is 12.3. The van der Waals surface area contributed by atoms with Crippen LogP contribution in [0.1, 0.15) is 0 Å². The van der Waals surface area contributed by atoms with E-state index in [1.807, 2.05) is 6.07 Å². The Labute approximate surface area is 109 Å². The quantitative estimate of drug-likeness (QED) is 0.909. The maximum absolute atomic E-state index is 6.01. The van der Waals surface area contributed by atoms with Crippen LogP contribution in [0.3, 0.4) is 0 Å². The molecule has 0 unspecified atom stereocenters. The zero-order valence-electron chi connectivity index (χ0n) is 9.08. The molecule has 1 aromatic carbocycles. The molecule has 88 valence electrons. The summed E-state index contributed by atoms with van der Waals surface area (Å²) in [6.07, 6.45) is 1.58. The van der Waals surface area contributed by atoms with E-state index in [-0.39, 0.29) is 0 Å². The van der Waals surface area contributed by atoms with E-state index in [2.05, 4.69) is 10.3 Å². The molecule has 1 heterocycles. The fourth-order valence-corrected chi connectivity index (χ4v) is 1.71. The zero-order valence-corrected chi connectivity index (χ0v) is 10.6. The number of hydrogen-bond acceptors (Lipinski definition) is 3. The van der Waals surface area contributed by atoms with Crippen LogP contribution in [0, 0.1) is 0 Å². The molecule has 1 N–H and O–H groups in total. The summed E-state index contributed by atoms with van der Waals surface area (Å²) in [5.41, 5.74) is 0.839. The van der Waals surface area contributed by atoms with E-state index in [0.29, 0.717) is 21.6 Å². The molecule has 0 fully saturated rings. The maximum atomic E-state index is 6.01. The van der Waals surface area contributed by atoms with E-state index in [0.717, 1.165) is 5.69 Å². The standard InChI is InChI=1S/C12H10Cl2N2O/c1-17-11-4-3-9(6-10(11)14)16-12-5-2-8(13)7-15-12/h2-7H,1H3,(H,15,16). The molecule has 5 heteroatoms. The molecular weight excluding hydrogens is 259 g/mol. The molecule has 0 saturated carbocycles. The summed E-state index contributed by atoms with van der Waals surface area (Å²) in [6.45, 7) is 0. The Hall–Kier alpha value is -1.45. The molecule has 0 aliphatic carbocycles. The average molecular weight is 269 g/mol.